The molecule has 2 aromatic rings. The summed E-state index contributed by atoms with van der Waals surface area (Å²) >= 11 is 0. The summed E-state index contributed by atoms with van der Waals surface area (Å²) in [6, 6.07) is 6.38. The number of benzene rings is 1. The number of hydrogen-bond donors (Lipinski definition) is 3. The van der Waals surface area contributed by atoms with Gasteiger partial charge in [0.1, 0.15) is 6.04 Å². The summed E-state index contributed by atoms with van der Waals surface area (Å²) in [5, 5.41) is 9.73. The molecule has 1 heterocycles. The van der Waals surface area contributed by atoms with E-state index in [2.05, 4.69) is 4.98 Å². The van der Waals surface area contributed by atoms with Crippen LogP contribution in [0.3, 0.4) is 0 Å². The van der Waals surface area contributed by atoms with Crippen LogP contribution in [0.4, 0.5) is 0 Å². The van der Waals surface area contributed by atoms with Crippen molar-refractivity contribution in [3.63, 3.8) is 0 Å². The lowest BCUT2D eigenvalue weighted by Crippen LogP contribution is -2.32. The molecule has 5 heteroatoms. The van der Waals surface area contributed by atoms with Gasteiger partial charge in [-0.2, -0.15) is 0 Å². The van der Waals surface area contributed by atoms with Gasteiger partial charge in [-0.05, 0) is 41.5 Å². The number of nitrogens with two attached hydrogens (primary N) is 1. The molecule has 4 N–H and O–H groups in total. The normalized spacial score (nSPS) is 12.8. The van der Waals surface area contributed by atoms with Gasteiger partial charge in [-0.1, -0.05) is 19.9 Å². The number of pyridine rings is 1. The van der Waals surface area contributed by atoms with Crippen LogP contribution in [0, 0.1) is 0 Å². The lowest BCUT2D eigenvalue weighted by atomic mass is 10.00. The Morgan fingerprint density at radius 2 is 2.05 bits per heavy atom. The third kappa shape index (κ3) is 2.88. The number of carboxylic acid groups (broad SMARTS) is 1. The van der Waals surface area contributed by atoms with Crippen molar-refractivity contribution in [1.29, 1.82) is 0 Å². The molecule has 0 fully saturated rings. The maximum Gasteiger partial charge on any atom is 0.320 e. The van der Waals surface area contributed by atoms with Crippen molar-refractivity contribution in [1.82, 2.24) is 4.98 Å². The Hall–Kier alpha value is -2.14. The highest BCUT2D eigenvalue weighted by molar-refractivity contribution is 5.80. The highest BCUT2D eigenvalue weighted by Crippen LogP contribution is 2.18. The summed E-state index contributed by atoms with van der Waals surface area (Å²) in [6.45, 7) is 3.92. The molecule has 0 amide bonds. The van der Waals surface area contributed by atoms with E-state index >= 15 is 0 Å². The molecule has 0 spiro atoms. The topological polar surface area (TPSA) is 96.2 Å². The van der Waals surface area contributed by atoms with Gasteiger partial charge in [0.25, 0.3) is 5.56 Å². The maximum atomic E-state index is 11.9. The summed E-state index contributed by atoms with van der Waals surface area (Å²) in [5.74, 6) is -0.887. The van der Waals surface area contributed by atoms with Crippen molar-refractivity contribution in [2.24, 2.45) is 5.73 Å². The largest absolute Gasteiger partial charge is 0.480 e. The van der Waals surface area contributed by atoms with Gasteiger partial charge in [-0.3, -0.25) is 9.59 Å². The van der Waals surface area contributed by atoms with Crippen molar-refractivity contribution in [3.05, 3.63) is 45.7 Å². The first-order chi connectivity index (χ1) is 9.38. The summed E-state index contributed by atoms with van der Waals surface area (Å²) < 4.78 is 0. The minimum absolute atomic E-state index is 0.0810. The van der Waals surface area contributed by atoms with Crippen LogP contribution in [0.1, 0.15) is 30.9 Å². The molecule has 2 rings (SSSR count). The molecule has 0 radical (unpaired) electrons. The second kappa shape index (κ2) is 5.46. The second-order valence-corrected chi connectivity index (χ2v) is 5.28. The van der Waals surface area contributed by atoms with E-state index in [4.69, 9.17) is 10.8 Å². The first-order valence-electron chi connectivity index (χ1n) is 6.52. The van der Waals surface area contributed by atoms with E-state index in [1.807, 2.05) is 26.0 Å². The summed E-state index contributed by atoms with van der Waals surface area (Å²) in [7, 11) is 0. The van der Waals surface area contributed by atoms with Crippen LogP contribution in [0.25, 0.3) is 10.9 Å². The molecule has 20 heavy (non-hydrogen) atoms. The Kier molecular flexibility index (Phi) is 3.90. The van der Waals surface area contributed by atoms with Gasteiger partial charge in [0.15, 0.2) is 0 Å². The molecule has 1 atom stereocenters. The van der Waals surface area contributed by atoms with Crippen molar-refractivity contribution < 1.29 is 9.90 Å². The van der Waals surface area contributed by atoms with Crippen LogP contribution in [0.5, 0.6) is 0 Å². The van der Waals surface area contributed by atoms with E-state index in [1.54, 1.807) is 12.1 Å². The second-order valence-electron chi connectivity index (χ2n) is 5.28. The van der Waals surface area contributed by atoms with Crippen LogP contribution < -0.4 is 11.3 Å². The number of carbonyl (C=O) groups is 1. The fourth-order valence-corrected chi connectivity index (χ4v) is 2.17. The van der Waals surface area contributed by atoms with E-state index in [-0.39, 0.29) is 17.9 Å². The smallest absolute Gasteiger partial charge is 0.320 e. The number of aliphatic carboxylic acids is 1. The fraction of sp³-hybridized carbons (Fsp3) is 0.333. The number of carboxylic acids is 1. The van der Waals surface area contributed by atoms with Gasteiger partial charge in [0.2, 0.25) is 0 Å². The first-order valence-corrected chi connectivity index (χ1v) is 6.52. The van der Waals surface area contributed by atoms with E-state index in [0.29, 0.717) is 0 Å². The molecule has 1 unspecified atom stereocenters. The standard InChI is InChI=1S/C15H18N2O3/c1-8(2)11-7-10-5-9(6-12(16)15(19)20)3-4-13(10)17-14(11)18/h3-5,7-8,12H,6,16H2,1-2H3,(H,17,18)(H,19,20). The summed E-state index contributed by atoms with van der Waals surface area (Å²) in [6.07, 6.45) is 0.265. The zero-order valence-corrected chi connectivity index (χ0v) is 11.5. The van der Waals surface area contributed by atoms with Gasteiger partial charge >= 0.3 is 5.97 Å². The molecule has 1 aromatic heterocycles. The van der Waals surface area contributed by atoms with Gasteiger partial charge in [0.05, 0.1) is 0 Å². The van der Waals surface area contributed by atoms with E-state index < -0.39 is 12.0 Å². The first kappa shape index (κ1) is 14.3. The minimum atomic E-state index is -1.02. The molecule has 0 aliphatic carbocycles. The molecule has 0 aliphatic rings. The zero-order chi connectivity index (χ0) is 14.9. The molecule has 5 nitrogen and oxygen atoms in total. The number of nitrogens with one attached hydrogen (secondary N) is 1. The quantitative estimate of drug-likeness (QED) is 0.789. The average molecular weight is 274 g/mol. The molecule has 106 valence electrons. The molecular formula is C15H18N2O3. The van der Waals surface area contributed by atoms with E-state index in [9.17, 15) is 9.59 Å². The van der Waals surface area contributed by atoms with Crippen LogP contribution >= 0.6 is 0 Å². The average Bonchev–Trinajstić information content (AvgIpc) is 2.37. The number of rotatable bonds is 4. The van der Waals surface area contributed by atoms with Crippen molar-refractivity contribution >= 4 is 16.9 Å². The molecule has 0 saturated heterocycles. The lowest BCUT2D eigenvalue weighted by molar-refractivity contribution is -0.138. The fourth-order valence-electron chi connectivity index (χ4n) is 2.17. The van der Waals surface area contributed by atoms with Crippen LogP contribution in [-0.4, -0.2) is 22.1 Å². The Morgan fingerprint density at radius 3 is 2.65 bits per heavy atom. The maximum absolute atomic E-state index is 11.9. The zero-order valence-electron chi connectivity index (χ0n) is 11.5. The number of hydrogen-bond acceptors (Lipinski definition) is 3. The van der Waals surface area contributed by atoms with Crippen LogP contribution in [0.2, 0.25) is 0 Å². The predicted octanol–water partition coefficient (Wildman–Crippen LogP) is 1.61. The predicted molar refractivity (Wildman–Crippen MR) is 78.0 cm³/mol. The van der Waals surface area contributed by atoms with Crippen molar-refractivity contribution in [3.8, 4) is 0 Å². The number of H-pyrrole nitrogens is 1. The highest BCUT2D eigenvalue weighted by Gasteiger charge is 2.13. The third-order valence-electron chi connectivity index (χ3n) is 3.33. The van der Waals surface area contributed by atoms with Crippen LogP contribution in [-0.2, 0) is 11.2 Å². The van der Waals surface area contributed by atoms with Gasteiger partial charge in [-0.25, -0.2) is 0 Å². The lowest BCUT2D eigenvalue weighted by Gasteiger charge is -2.09. The van der Waals surface area contributed by atoms with Gasteiger partial charge < -0.3 is 15.8 Å². The van der Waals surface area contributed by atoms with Gasteiger partial charge in [-0.15, -0.1) is 0 Å². The Morgan fingerprint density at radius 1 is 1.35 bits per heavy atom. The Balaban J connectivity index is 2.45. The summed E-state index contributed by atoms with van der Waals surface area (Å²) in [5.41, 5.74) is 7.76. The molecule has 0 aliphatic heterocycles. The Bertz CT molecular complexity index is 704. The van der Waals surface area contributed by atoms with Crippen molar-refractivity contribution in [2.75, 3.05) is 0 Å². The monoisotopic (exact) mass is 274 g/mol. The third-order valence-corrected chi connectivity index (χ3v) is 3.33. The molecule has 0 bridgehead atoms. The molecule has 1 aromatic carbocycles. The van der Waals surface area contributed by atoms with Crippen LogP contribution in [0.15, 0.2) is 29.1 Å². The van der Waals surface area contributed by atoms with E-state index in [0.717, 1.165) is 22.0 Å². The Labute approximate surface area is 116 Å². The van der Waals surface area contributed by atoms with Gasteiger partial charge in [0, 0.05) is 11.1 Å². The van der Waals surface area contributed by atoms with Crippen molar-refractivity contribution in [2.45, 2.75) is 32.2 Å². The minimum Gasteiger partial charge on any atom is -0.480 e. The summed E-state index contributed by atoms with van der Waals surface area (Å²) in [4.78, 5) is 25.5. The van der Waals surface area contributed by atoms with E-state index in [1.165, 1.54) is 0 Å². The number of aromatic nitrogens is 1. The molecular weight excluding hydrogens is 256 g/mol. The number of aromatic amines is 1. The number of fused-ring (bicyclic) bond motifs is 1. The molecule has 0 saturated carbocycles. The SMILES string of the molecule is CC(C)c1cc2cc(CC(N)C(=O)O)ccc2[nH]c1=O. The highest BCUT2D eigenvalue weighted by atomic mass is 16.4.